The van der Waals surface area contributed by atoms with Crippen LogP contribution >= 0.6 is 0 Å². The highest BCUT2D eigenvalue weighted by molar-refractivity contribution is 5.98. The van der Waals surface area contributed by atoms with Gasteiger partial charge in [-0.15, -0.1) is 0 Å². The zero-order valence-corrected chi connectivity index (χ0v) is 34.8. The van der Waals surface area contributed by atoms with E-state index in [1.807, 2.05) is 19.9 Å². The van der Waals surface area contributed by atoms with Gasteiger partial charge in [0, 0.05) is 19.8 Å². The summed E-state index contributed by atoms with van der Waals surface area (Å²) in [5.74, 6) is -7.20. The van der Waals surface area contributed by atoms with Crippen LogP contribution in [0.5, 0.6) is 0 Å². The molecule has 17 heteroatoms. The molecule has 9 N–H and O–H groups in total. The molecule has 0 saturated carbocycles. The first-order chi connectivity index (χ1) is 27.7. The van der Waals surface area contributed by atoms with Crippen LogP contribution in [0.4, 0.5) is 0 Å². The third-order valence-corrected chi connectivity index (χ3v) is 9.07. The van der Waals surface area contributed by atoms with E-state index in [0.717, 1.165) is 5.56 Å². The van der Waals surface area contributed by atoms with Gasteiger partial charge in [0.15, 0.2) is 0 Å². The Morgan fingerprint density at radius 2 is 1.02 bits per heavy atom. The minimum Gasteiger partial charge on any atom is -0.477 e. The van der Waals surface area contributed by atoms with E-state index in [9.17, 15) is 48.6 Å². The first kappa shape index (κ1) is 49.0. The maximum Gasteiger partial charge on any atom is 0.352 e. The van der Waals surface area contributed by atoms with Gasteiger partial charge in [-0.25, -0.2) is 4.79 Å². The maximum absolute atomic E-state index is 14.0. The van der Waals surface area contributed by atoms with Gasteiger partial charge >= 0.3 is 5.97 Å². The van der Waals surface area contributed by atoms with Gasteiger partial charge in [0.05, 0.1) is 6.10 Å². The fraction of sp³-hybridized carbons (Fsp3) is 0.476. The van der Waals surface area contributed by atoms with Crippen molar-refractivity contribution in [2.75, 3.05) is 0 Å². The Labute approximate surface area is 344 Å². The van der Waals surface area contributed by atoms with Gasteiger partial charge in [0.1, 0.15) is 41.9 Å². The number of aliphatic hydroxyl groups excluding tert-OH is 1. The van der Waals surface area contributed by atoms with Crippen molar-refractivity contribution >= 4 is 47.3 Å². The summed E-state index contributed by atoms with van der Waals surface area (Å²) in [7, 11) is 0. The summed E-state index contributed by atoms with van der Waals surface area (Å²) in [4.78, 5) is 105. The van der Waals surface area contributed by atoms with Crippen LogP contribution in [0.2, 0.25) is 0 Å². The number of carbonyl (C=O) groups excluding carboxylic acids is 7. The lowest BCUT2D eigenvalue weighted by molar-refractivity contribution is -0.137. The lowest BCUT2D eigenvalue weighted by atomic mass is 9.99. The topological polar surface area (TPSA) is 261 Å². The summed E-state index contributed by atoms with van der Waals surface area (Å²) in [5.41, 5.74) is 1.03. The Morgan fingerprint density at radius 3 is 1.46 bits per heavy atom. The van der Waals surface area contributed by atoms with Crippen molar-refractivity contribution in [2.45, 2.75) is 117 Å². The number of aliphatic hydroxyl groups is 1. The molecule has 2 aromatic carbocycles. The van der Waals surface area contributed by atoms with E-state index in [0.29, 0.717) is 5.56 Å². The van der Waals surface area contributed by atoms with Crippen LogP contribution in [-0.2, 0) is 51.2 Å². The molecule has 0 aliphatic rings. The fourth-order valence-corrected chi connectivity index (χ4v) is 5.91. The van der Waals surface area contributed by atoms with Crippen LogP contribution in [0, 0.1) is 11.8 Å². The Balaban J connectivity index is 2.33. The van der Waals surface area contributed by atoms with E-state index in [-0.39, 0.29) is 25.2 Å². The average Bonchev–Trinajstić information content (AvgIpc) is 3.16. The molecular formula is C42H59N7O10. The number of carbonyl (C=O) groups is 8. The zero-order valence-electron chi connectivity index (χ0n) is 34.8. The second kappa shape index (κ2) is 24.0. The number of benzene rings is 2. The Morgan fingerprint density at radius 1 is 0.576 bits per heavy atom. The van der Waals surface area contributed by atoms with E-state index in [2.05, 4.69) is 37.2 Å². The number of rotatable bonds is 22. The Hall–Kier alpha value is -6.10. The number of allylic oxidation sites excluding steroid dienone is 1. The van der Waals surface area contributed by atoms with Gasteiger partial charge < -0.3 is 47.4 Å². The van der Waals surface area contributed by atoms with Gasteiger partial charge in [-0.05, 0) is 50.2 Å². The minimum absolute atomic E-state index is 0.0504. The van der Waals surface area contributed by atoms with Gasteiger partial charge in [-0.3, -0.25) is 33.6 Å². The van der Waals surface area contributed by atoms with Crippen molar-refractivity contribution in [3.8, 4) is 0 Å². The van der Waals surface area contributed by atoms with Crippen LogP contribution in [0.25, 0.3) is 0 Å². The summed E-state index contributed by atoms with van der Waals surface area (Å²) >= 11 is 0. The number of hydrogen-bond acceptors (Lipinski definition) is 9. The largest absolute Gasteiger partial charge is 0.477 e. The molecule has 0 spiro atoms. The number of hydrogen-bond donors (Lipinski definition) is 9. The molecule has 0 aromatic heterocycles. The molecule has 0 radical (unpaired) electrons. The summed E-state index contributed by atoms with van der Waals surface area (Å²) < 4.78 is 0. The van der Waals surface area contributed by atoms with Crippen molar-refractivity contribution in [3.05, 3.63) is 83.6 Å². The molecule has 7 amide bonds. The molecule has 0 fully saturated rings. The molecule has 0 saturated heterocycles. The molecule has 2 rings (SSSR count). The first-order valence-corrected chi connectivity index (χ1v) is 19.5. The number of nitrogens with one attached hydrogen (secondary N) is 7. The predicted octanol–water partition coefficient (Wildman–Crippen LogP) is 0.608. The van der Waals surface area contributed by atoms with Crippen molar-refractivity contribution in [1.29, 1.82) is 0 Å². The molecule has 0 aliphatic carbocycles. The van der Waals surface area contributed by atoms with E-state index in [4.69, 9.17) is 0 Å². The summed E-state index contributed by atoms with van der Waals surface area (Å²) in [6, 6.07) is 10.2. The van der Waals surface area contributed by atoms with E-state index in [1.165, 1.54) is 33.8 Å². The van der Waals surface area contributed by atoms with E-state index < -0.39 is 101 Å². The van der Waals surface area contributed by atoms with Crippen molar-refractivity contribution in [1.82, 2.24) is 37.2 Å². The van der Waals surface area contributed by atoms with Crippen LogP contribution in [0.1, 0.15) is 72.9 Å². The third kappa shape index (κ3) is 16.7. The lowest BCUT2D eigenvalue weighted by Crippen LogP contribution is -2.62. The molecule has 322 valence electrons. The van der Waals surface area contributed by atoms with Crippen LogP contribution in [0.15, 0.2) is 72.4 Å². The number of aliphatic carboxylic acids is 1. The van der Waals surface area contributed by atoms with Gasteiger partial charge in [-0.1, -0.05) is 94.4 Å². The van der Waals surface area contributed by atoms with Crippen molar-refractivity contribution < 1.29 is 48.6 Å². The monoisotopic (exact) mass is 821 g/mol. The lowest BCUT2D eigenvalue weighted by Gasteiger charge is -2.29. The summed E-state index contributed by atoms with van der Waals surface area (Å²) in [6.07, 6.45) is -0.0468. The van der Waals surface area contributed by atoms with Crippen molar-refractivity contribution in [3.63, 3.8) is 0 Å². The standard InChI is InChI=1S/C42H59N7O10/c1-9-30(42(58)59)45-36(52)25(6)43-40(56)34(24(4)5)48-41(57)35(26(7)50)49-39(55)33(22-29-18-14-11-15-19-29)47-37(53)31(20-23(2)3)46-38(54)32(44-27(8)51)21-28-16-12-10-13-17-28/h9-19,23-26,31-35,50H,20-22H2,1-8H3,(H,43,56)(H,44,51)(H,45,52)(H,46,54)(H,47,53)(H,48,57)(H,49,55)(H,58,59). The number of amides is 7. The quantitative estimate of drug-likeness (QED) is 0.0748. The Bertz CT molecular complexity index is 1800. The van der Waals surface area contributed by atoms with Crippen LogP contribution in [-0.4, -0.2) is 99.9 Å². The molecule has 59 heavy (non-hydrogen) atoms. The third-order valence-electron chi connectivity index (χ3n) is 9.07. The highest BCUT2D eigenvalue weighted by Crippen LogP contribution is 2.11. The second-order valence-electron chi connectivity index (χ2n) is 15.1. The summed E-state index contributed by atoms with van der Waals surface area (Å²) in [6.45, 7) is 12.2. The molecule has 2 aromatic rings. The minimum atomic E-state index is -1.62. The highest BCUT2D eigenvalue weighted by Gasteiger charge is 2.35. The van der Waals surface area contributed by atoms with Gasteiger partial charge in [0.25, 0.3) is 0 Å². The maximum atomic E-state index is 14.0. The zero-order chi connectivity index (χ0) is 44.4. The second-order valence-corrected chi connectivity index (χ2v) is 15.1. The molecule has 17 nitrogen and oxygen atoms in total. The molecule has 7 unspecified atom stereocenters. The molecule has 0 bridgehead atoms. The van der Waals surface area contributed by atoms with Gasteiger partial charge in [-0.2, -0.15) is 0 Å². The van der Waals surface area contributed by atoms with Crippen LogP contribution < -0.4 is 37.2 Å². The van der Waals surface area contributed by atoms with E-state index in [1.54, 1.807) is 68.4 Å². The first-order valence-electron chi connectivity index (χ1n) is 19.5. The Kier molecular flexibility index (Phi) is 19.9. The predicted molar refractivity (Wildman–Crippen MR) is 219 cm³/mol. The van der Waals surface area contributed by atoms with Crippen molar-refractivity contribution in [2.24, 2.45) is 11.8 Å². The smallest absolute Gasteiger partial charge is 0.352 e. The molecule has 0 heterocycles. The molecular weight excluding hydrogens is 763 g/mol. The number of carboxylic acids is 1. The average molecular weight is 822 g/mol. The number of carboxylic acid groups (broad SMARTS) is 1. The molecule has 0 aliphatic heterocycles. The van der Waals surface area contributed by atoms with E-state index >= 15 is 0 Å². The normalized spacial score (nSPS) is 14.9. The van der Waals surface area contributed by atoms with Gasteiger partial charge in [0.2, 0.25) is 41.4 Å². The van der Waals surface area contributed by atoms with Crippen LogP contribution in [0.3, 0.4) is 0 Å². The highest BCUT2D eigenvalue weighted by atomic mass is 16.4. The fourth-order valence-electron chi connectivity index (χ4n) is 5.91. The summed E-state index contributed by atoms with van der Waals surface area (Å²) in [5, 5.41) is 37.7. The molecule has 7 atom stereocenters. The SMILES string of the molecule is CC=C(NC(=O)C(C)NC(=O)C(NC(=O)C(NC(=O)C(Cc1ccccc1)NC(=O)C(CC(C)C)NC(=O)C(Cc1ccccc1)NC(C)=O)C(C)O)C(C)C)C(=O)O.